The van der Waals surface area contributed by atoms with Gasteiger partial charge in [0, 0.05) is 5.92 Å². The van der Waals surface area contributed by atoms with Gasteiger partial charge in [0.25, 0.3) is 0 Å². The largest absolute Gasteiger partial charge is 0.0803 e. The molecule has 2 aromatic rings. The van der Waals surface area contributed by atoms with Crippen LogP contribution in [0.3, 0.4) is 0 Å². The van der Waals surface area contributed by atoms with Gasteiger partial charge in [-0.3, -0.25) is 0 Å². The monoisotopic (exact) mass is 246 g/mol. The molecule has 1 atom stereocenters. The van der Waals surface area contributed by atoms with Crippen LogP contribution in [-0.2, 0) is 6.42 Å². The van der Waals surface area contributed by atoms with Crippen LogP contribution < -0.4 is 0 Å². The van der Waals surface area contributed by atoms with E-state index in [9.17, 15) is 0 Å². The van der Waals surface area contributed by atoms with Crippen LogP contribution in [0, 0.1) is 13.8 Å². The molecule has 0 spiro atoms. The number of rotatable bonds is 0. The molecule has 0 nitrogen and oxygen atoms in total. The molecule has 0 aromatic heterocycles. The summed E-state index contributed by atoms with van der Waals surface area (Å²) >= 11 is 0. The van der Waals surface area contributed by atoms with Crippen molar-refractivity contribution in [3.63, 3.8) is 0 Å². The van der Waals surface area contributed by atoms with E-state index >= 15 is 0 Å². The van der Waals surface area contributed by atoms with Crippen molar-refractivity contribution in [2.24, 2.45) is 0 Å². The quantitative estimate of drug-likeness (QED) is 0.569. The molecule has 0 radical (unpaired) electrons. The van der Waals surface area contributed by atoms with E-state index in [-0.39, 0.29) is 0 Å². The Morgan fingerprint density at radius 1 is 1.05 bits per heavy atom. The number of aryl methyl sites for hydroxylation is 2. The normalized spacial score (nSPS) is 19.7. The summed E-state index contributed by atoms with van der Waals surface area (Å²) in [5, 5.41) is 2.90. The highest BCUT2D eigenvalue weighted by molar-refractivity contribution is 5.98. The lowest BCUT2D eigenvalue weighted by molar-refractivity contribution is 0.918. The van der Waals surface area contributed by atoms with Crippen molar-refractivity contribution in [2.45, 2.75) is 33.1 Å². The molecule has 2 aliphatic carbocycles. The third kappa shape index (κ3) is 1.40. The van der Waals surface area contributed by atoms with Gasteiger partial charge in [0.2, 0.25) is 0 Å². The van der Waals surface area contributed by atoms with E-state index < -0.39 is 0 Å². The average Bonchev–Trinajstić information content (AvgIpc) is 2.37. The number of benzene rings is 2. The minimum Gasteiger partial charge on any atom is -0.0803 e. The highest BCUT2D eigenvalue weighted by Gasteiger charge is 2.26. The van der Waals surface area contributed by atoms with Crippen LogP contribution >= 0.6 is 0 Å². The Hall–Kier alpha value is -1.82. The van der Waals surface area contributed by atoms with Gasteiger partial charge in [-0.15, -0.1) is 0 Å². The molecule has 0 aliphatic heterocycles. The Bertz CT molecular complexity index is 772. The van der Waals surface area contributed by atoms with Crippen molar-refractivity contribution >= 4 is 16.8 Å². The van der Waals surface area contributed by atoms with E-state index in [2.05, 4.69) is 57.2 Å². The molecule has 1 unspecified atom stereocenters. The predicted octanol–water partition coefficient (Wildman–Crippen LogP) is 5.07. The zero-order valence-electron chi connectivity index (χ0n) is 11.7. The summed E-state index contributed by atoms with van der Waals surface area (Å²) < 4.78 is 0. The lowest BCUT2D eigenvalue weighted by atomic mass is 9.74. The Kier molecular flexibility index (Phi) is 2.09. The molecule has 19 heavy (non-hydrogen) atoms. The molecular formula is C19H18. The molecule has 0 heterocycles. The first-order chi connectivity index (χ1) is 9.15. The van der Waals surface area contributed by atoms with Gasteiger partial charge in [-0.05, 0) is 65.8 Å². The fourth-order valence-electron chi connectivity index (χ4n) is 3.76. The van der Waals surface area contributed by atoms with Gasteiger partial charge < -0.3 is 0 Å². The highest BCUT2D eigenvalue weighted by Crippen LogP contribution is 2.44. The molecule has 4 rings (SSSR count). The maximum atomic E-state index is 2.40. The number of hydrogen-bond donors (Lipinski definition) is 0. The van der Waals surface area contributed by atoms with E-state index in [4.69, 9.17) is 0 Å². The second-order valence-corrected chi connectivity index (χ2v) is 6.03. The zero-order chi connectivity index (χ0) is 13.1. The van der Waals surface area contributed by atoms with Crippen molar-refractivity contribution in [3.05, 3.63) is 63.7 Å². The molecule has 2 aliphatic rings. The molecule has 0 fully saturated rings. The van der Waals surface area contributed by atoms with Crippen LogP contribution in [0.15, 0.2) is 35.9 Å². The van der Waals surface area contributed by atoms with Crippen molar-refractivity contribution in [3.8, 4) is 0 Å². The Balaban J connectivity index is 2.21. The molecule has 0 amide bonds. The summed E-state index contributed by atoms with van der Waals surface area (Å²) in [6.45, 7) is 6.72. The van der Waals surface area contributed by atoms with Gasteiger partial charge in [-0.2, -0.15) is 0 Å². The van der Waals surface area contributed by atoms with Crippen LogP contribution in [0.4, 0.5) is 0 Å². The minimum atomic E-state index is 0.501. The van der Waals surface area contributed by atoms with Gasteiger partial charge in [0.15, 0.2) is 0 Å². The summed E-state index contributed by atoms with van der Waals surface area (Å²) in [7, 11) is 0. The van der Waals surface area contributed by atoms with Crippen LogP contribution in [0.25, 0.3) is 16.8 Å². The number of allylic oxidation sites excluding steroid dienone is 3. The second kappa shape index (κ2) is 3.60. The first-order valence-corrected chi connectivity index (χ1v) is 7.07. The molecule has 0 saturated carbocycles. The topological polar surface area (TPSA) is 0 Å². The summed E-state index contributed by atoms with van der Waals surface area (Å²) in [6, 6.07) is 7.02. The van der Waals surface area contributed by atoms with E-state index in [1.54, 1.807) is 11.1 Å². The molecular weight excluding hydrogens is 228 g/mol. The third-order valence-electron chi connectivity index (χ3n) is 4.68. The van der Waals surface area contributed by atoms with Crippen LogP contribution in [0.5, 0.6) is 0 Å². The summed E-state index contributed by atoms with van der Waals surface area (Å²) in [5.74, 6) is 0.501. The molecule has 0 N–H and O–H groups in total. The summed E-state index contributed by atoms with van der Waals surface area (Å²) in [5.41, 5.74) is 8.83. The maximum absolute atomic E-state index is 2.40. The van der Waals surface area contributed by atoms with Gasteiger partial charge in [0.05, 0.1) is 0 Å². The lowest BCUT2D eigenvalue weighted by Gasteiger charge is -2.30. The Morgan fingerprint density at radius 2 is 1.89 bits per heavy atom. The third-order valence-corrected chi connectivity index (χ3v) is 4.68. The highest BCUT2D eigenvalue weighted by atomic mass is 14.3. The predicted molar refractivity (Wildman–Crippen MR) is 82.7 cm³/mol. The average molecular weight is 246 g/mol. The first kappa shape index (κ1) is 11.0. The van der Waals surface area contributed by atoms with Gasteiger partial charge in [-0.1, -0.05) is 42.0 Å². The fourth-order valence-corrected chi connectivity index (χ4v) is 3.76. The molecule has 0 heteroatoms. The molecule has 0 saturated heterocycles. The minimum absolute atomic E-state index is 0.501. The van der Waals surface area contributed by atoms with E-state index in [0.717, 1.165) is 6.42 Å². The van der Waals surface area contributed by atoms with Gasteiger partial charge >= 0.3 is 0 Å². The smallest absolute Gasteiger partial charge is 0.0238 e. The molecule has 94 valence electrons. The fraction of sp³-hybridized carbons (Fsp3) is 0.263. The van der Waals surface area contributed by atoms with Crippen molar-refractivity contribution in [2.75, 3.05) is 0 Å². The SMILES string of the molecule is CC1=CCc2c(C)cc3cc(C)cc4c3c2C1C=C4. The number of hydrogen-bond acceptors (Lipinski definition) is 0. The van der Waals surface area contributed by atoms with Crippen molar-refractivity contribution in [1.29, 1.82) is 0 Å². The van der Waals surface area contributed by atoms with Crippen LogP contribution in [-0.4, -0.2) is 0 Å². The van der Waals surface area contributed by atoms with Crippen molar-refractivity contribution in [1.82, 2.24) is 0 Å². The summed E-state index contributed by atoms with van der Waals surface area (Å²) in [4.78, 5) is 0. The first-order valence-electron chi connectivity index (χ1n) is 7.07. The Labute approximate surface area is 114 Å². The van der Waals surface area contributed by atoms with Crippen molar-refractivity contribution < 1.29 is 0 Å². The van der Waals surface area contributed by atoms with Gasteiger partial charge in [0.1, 0.15) is 0 Å². The molecule has 0 bridgehead atoms. The standard InChI is InChI=1S/C19H18/c1-11-8-14-5-7-16-12(2)4-6-17-13(3)10-15(9-11)18(14)19(16)17/h4-5,7-10,16H,6H2,1-3H3. The lowest BCUT2D eigenvalue weighted by Crippen LogP contribution is -2.12. The van der Waals surface area contributed by atoms with Crippen LogP contribution in [0.2, 0.25) is 0 Å². The summed E-state index contributed by atoms with van der Waals surface area (Å²) in [6.07, 6.45) is 8.19. The zero-order valence-corrected chi connectivity index (χ0v) is 11.7. The van der Waals surface area contributed by atoms with E-state index in [1.165, 1.54) is 33.0 Å². The second-order valence-electron chi connectivity index (χ2n) is 6.03. The van der Waals surface area contributed by atoms with E-state index in [1.807, 2.05) is 0 Å². The van der Waals surface area contributed by atoms with Gasteiger partial charge in [-0.25, -0.2) is 0 Å². The Morgan fingerprint density at radius 3 is 2.74 bits per heavy atom. The van der Waals surface area contributed by atoms with Crippen LogP contribution in [0.1, 0.15) is 40.7 Å². The molecule has 2 aromatic carbocycles. The van der Waals surface area contributed by atoms with E-state index in [0.29, 0.717) is 5.92 Å². The maximum Gasteiger partial charge on any atom is 0.0238 e.